The average Bonchev–Trinajstić information content (AvgIpc) is 2.30. The smallest absolute Gasteiger partial charge is 0.225 e. The summed E-state index contributed by atoms with van der Waals surface area (Å²) >= 11 is 5.83. The van der Waals surface area contributed by atoms with Gasteiger partial charge < -0.3 is 4.90 Å². The summed E-state index contributed by atoms with van der Waals surface area (Å²) in [5.74, 6) is 1.36. The number of hydrogen-bond donors (Lipinski definition) is 0. The van der Waals surface area contributed by atoms with E-state index < -0.39 is 5.82 Å². The third-order valence-electron chi connectivity index (χ3n) is 2.63. The lowest BCUT2D eigenvalue weighted by molar-refractivity contribution is 0.445. The molecule has 2 heterocycles. The van der Waals surface area contributed by atoms with Crippen molar-refractivity contribution in [2.75, 3.05) is 23.9 Å². The van der Waals surface area contributed by atoms with Crippen LogP contribution in [0.15, 0.2) is 12.4 Å². The van der Waals surface area contributed by atoms with Crippen LogP contribution >= 0.6 is 11.6 Å². The Hall–Kier alpha value is -0.900. The van der Waals surface area contributed by atoms with E-state index in [1.165, 1.54) is 12.4 Å². The van der Waals surface area contributed by atoms with E-state index in [-0.39, 0.29) is 0 Å². The molecular formula is C10H13ClFN3. The molecule has 1 aromatic rings. The molecule has 0 N–H and O–H groups in total. The Morgan fingerprint density at radius 1 is 1.47 bits per heavy atom. The average molecular weight is 230 g/mol. The fourth-order valence-electron chi connectivity index (χ4n) is 1.84. The van der Waals surface area contributed by atoms with Crippen molar-refractivity contribution in [3.8, 4) is 0 Å². The van der Waals surface area contributed by atoms with Crippen molar-refractivity contribution in [2.24, 2.45) is 5.92 Å². The number of alkyl halides is 1. The maximum Gasteiger partial charge on any atom is 0.225 e. The molecule has 1 aliphatic heterocycles. The first-order valence-corrected chi connectivity index (χ1v) is 5.61. The van der Waals surface area contributed by atoms with Gasteiger partial charge in [-0.3, -0.25) is 0 Å². The lowest BCUT2D eigenvalue weighted by Crippen LogP contribution is -2.37. The van der Waals surface area contributed by atoms with Gasteiger partial charge in [0.05, 0.1) is 12.4 Å². The van der Waals surface area contributed by atoms with Crippen LogP contribution in [0.25, 0.3) is 0 Å². The second-order valence-electron chi connectivity index (χ2n) is 3.81. The van der Waals surface area contributed by atoms with Gasteiger partial charge in [0.15, 0.2) is 5.82 Å². The number of nitrogens with zero attached hydrogens (tertiary/aromatic N) is 3. The zero-order valence-electron chi connectivity index (χ0n) is 8.37. The van der Waals surface area contributed by atoms with E-state index in [0.717, 1.165) is 25.9 Å². The SMILES string of the molecule is Fc1cnc(N2CCCC(CCl)C2)nc1. The highest BCUT2D eigenvalue weighted by atomic mass is 35.5. The Balaban J connectivity index is 2.06. The Kier molecular flexibility index (Phi) is 3.36. The molecule has 15 heavy (non-hydrogen) atoms. The minimum Gasteiger partial charge on any atom is -0.341 e. The number of rotatable bonds is 2. The lowest BCUT2D eigenvalue weighted by Gasteiger charge is -2.31. The van der Waals surface area contributed by atoms with Crippen LogP contribution in [0.2, 0.25) is 0 Å². The summed E-state index contributed by atoms with van der Waals surface area (Å²) in [4.78, 5) is 10.0. The summed E-state index contributed by atoms with van der Waals surface area (Å²) < 4.78 is 12.6. The quantitative estimate of drug-likeness (QED) is 0.727. The van der Waals surface area contributed by atoms with E-state index in [2.05, 4.69) is 14.9 Å². The number of piperidine rings is 1. The van der Waals surface area contributed by atoms with Crippen LogP contribution in [0.4, 0.5) is 10.3 Å². The Morgan fingerprint density at radius 2 is 2.20 bits per heavy atom. The topological polar surface area (TPSA) is 29.0 Å². The molecule has 0 spiro atoms. The largest absolute Gasteiger partial charge is 0.341 e. The predicted octanol–water partition coefficient (Wildman–Crippen LogP) is 2.07. The number of aromatic nitrogens is 2. The van der Waals surface area contributed by atoms with Crippen molar-refractivity contribution in [1.82, 2.24) is 9.97 Å². The summed E-state index contributed by atoms with van der Waals surface area (Å²) in [6, 6.07) is 0. The minimum atomic E-state index is -0.398. The third kappa shape index (κ3) is 2.56. The highest BCUT2D eigenvalue weighted by Crippen LogP contribution is 2.20. The number of halogens is 2. The molecule has 1 aromatic heterocycles. The fraction of sp³-hybridized carbons (Fsp3) is 0.600. The van der Waals surface area contributed by atoms with E-state index in [9.17, 15) is 4.39 Å². The zero-order chi connectivity index (χ0) is 10.7. The van der Waals surface area contributed by atoms with Crippen LogP contribution < -0.4 is 4.90 Å². The van der Waals surface area contributed by atoms with Gasteiger partial charge in [0.25, 0.3) is 0 Å². The number of anilines is 1. The van der Waals surface area contributed by atoms with Gasteiger partial charge >= 0.3 is 0 Å². The van der Waals surface area contributed by atoms with Crippen molar-refractivity contribution in [2.45, 2.75) is 12.8 Å². The standard InChI is InChI=1S/C10H13ClFN3/c11-4-8-2-1-3-15(7-8)10-13-5-9(12)6-14-10/h5-6,8H,1-4,7H2. The molecule has 2 rings (SSSR count). The van der Waals surface area contributed by atoms with E-state index in [1.54, 1.807) is 0 Å². The molecule has 1 fully saturated rings. The second kappa shape index (κ2) is 4.75. The van der Waals surface area contributed by atoms with Crippen molar-refractivity contribution in [3.05, 3.63) is 18.2 Å². The molecule has 1 saturated heterocycles. The Morgan fingerprint density at radius 3 is 2.87 bits per heavy atom. The highest BCUT2D eigenvalue weighted by molar-refractivity contribution is 6.18. The normalized spacial score (nSPS) is 21.7. The molecule has 3 nitrogen and oxygen atoms in total. The third-order valence-corrected chi connectivity index (χ3v) is 3.06. The zero-order valence-corrected chi connectivity index (χ0v) is 9.12. The van der Waals surface area contributed by atoms with Crippen LogP contribution in [0.1, 0.15) is 12.8 Å². The van der Waals surface area contributed by atoms with E-state index >= 15 is 0 Å². The van der Waals surface area contributed by atoms with Gasteiger partial charge in [0.1, 0.15) is 0 Å². The molecular weight excluding hydrogens is 217 g/mol. The van der Waals surface area contributed by atoms with Gasteiger partial charge in [-0.15, -0.1) is 11.6 Å². The van der Waals surface area contributed by atoms with Gasteiger partial charge in [-0.25, -0.2) is 14.4 Å². The van der Waals surface area contributed by atoms with Crippen LogP contribution in [-0.2, 0) is 0 Å². The van der Waals surface area contributed by atoms with Crippen LogP contribution in [0.5, 0.6) is 0 Å². The minimum absolute atomic E-state index is 0.398. The fourth-order valence-corrected chi connectivity index (χ4v) is 2.09. The molecule has 0 aromatic carbocycles. The van der Waals surface area contributed by atoms with Gasteiger partial charge in [0, 0.05) is 19.0 Å². The van der Waals surface area contributed by atoms with Crippen molar-refractivity contribution in [3.63, 3.8) is 0 Å². The molecule has 82 valence electrons. The summed E-state index contributed by atoms with van der Waals surface area (Å²) in [6.45, 7) is 1.80. The van der Waals surface area contributed by atoms with E-state index in [4.69, 9.17) is 11.6 Å². The Bertz CT molecular complexity index is 317. The molecule has 5 heteroatoms. The lowest BCUT2D eigenvalue weighted by atomic mass is 10.0. The molecule has 0 bridgehead atoms. The summed E-state index contributed by atoms with van der Waals surface area (Å²) in [7, 11) is 0. The number of hydrogen-bond acceptors (Lipinski definition) is 3. The molecule has 0 amide bonds. The first kappa shape index (κ1) is 10.6. The van der Waals surface area contributed by atoms with Gasteiger partial charge in [0.2, 0.25) is 5.95 Å². The summed E-state index contributed by atoms with van der Waals surface area (Å²) in [5, 5.41) is 0. The van der Waals surface area contributed by atoms with Crippen molar-refractivity contribution >= 4 is 17.5 Å². The van der Waals surface area contributed by atoms with Crippen molar-refractivity contribution in [1.29, 1.82) is 0 Å². The molecule has 0 radical (unpaired) electrons. The second-order valence-corrected chi connectivity index (χ2v) is 4.12. The molecule has 1 unspecified atom stereocenters. The van der Waals surface area contributed by atoms with Crippen molar-refractivity contribution < 1.29 is 4.39 Å². The first-order chi connectivity index (χ1) is 7.29. The van der Waals surface area contributed by atoms with Gasteiger partial charge in [-0.1, -0.05) is 0 Å². The summed E-state index contributed by atoms with van der Waals surface area (Å²) in [6.07, 6.45) is 4.65. The summed E-state index contributed by atoms with van der Waals surface area (Å²) in [5.41, 5.74) is 0. The van der Waals surface area contributed by atoms with E-state index in [1.807, 2.05) is 0 Å². The molecule has 0 saturated carbocycles. The highest BCUT2D eigenvalue weighted by Gasteiger charge is 2.20. The predicted molar refractivity (Wildman–Crippen MR) is 57.6 cm³/mol. The van der Waals surface area contributed by atoms with Gasteiger partial charge in [-0.05, 0) is 18.8 Å². The molecule has 1 aliphatic rings. The van der Waals surface area contributed by atoms with Gasteiger partial charge in [-0.2, -0.15) is 0 Å². The van der Waals surface area contributed by atoms with Crippen LogP contribution in [0, 0.1) is 11.7 Å². The van der Waals surface area contributed by atoms with Crippen LogP contribution in [0.3, 0.4) is 0 Å². The maximum absolute atomic E-state index is 12.6. The molecule has 1 atom stereocenters. The first-order valence-electron chi connectivity index (χ1n) is 5.08. The monoisotopic (exact) mass is 229 g/mol. The van der Waals surface area contributed by atoms with E-state index in [0.29, 0.717) is 17.7 Å². The van der Waals surface area contributed by atoms with Crippen LogP contribution in [-0.4, -0.2) is 28.9 Å². The Labute approximate surface area is 93.3 Å². The maximum atomic E-state index is 12.6. The molecule has 0 aliphatic carbocycles.